The molecule has 0 saturated carbocycles. The molecule has 9 nitrogen and oxygen atoms in total. The zero-order chi connectivity index (χ0) is 20.3. The van der Waals surface area contributed by atoms with Gasteiger partial charge in [0, 0.05) is 32.6 Å². The van der Waals surface area contributed by atoms with Crippen molar-refractivity contribution in [1.29, 1.82) is 0 Å². The van der Waals surface area contributed by atoms with Gasteiger partial charge in [0.15, 0.2) is 11.5 Å². The first-order valence-electron chi connectivity index (χ1n) is 9.15. The molecule has 0 unspecified atom stereocenters. The number of piperidine rings is 1. The molecule has 10 heteroatoms. The Labute approximate surface area is 163 Å². The zero-order valence-corrected chi connectivity index (χ0v) is 16.5. The summed E-state index contributed by atoms with van der Waals surface area (Å²) in [5, 5.41) is 9.15. The SMILES string of the molecule is CN(CC(=O)N1CCC[C@@H](C(=O)O)C1)S(=O)(=O)c1ccc2c(c1)OCCCO2. The van der Waals surface area contributed by atoms with Crippen LogP contribution in [0.2, 0.25) is 0 Å². The number of aliphatic carboxylic acids is 1. The van der Waals surface area contributed by atoms with Crippen LogP contribution in [0.15, 0.2) is 23.1 Å². The summed E-state index contributed by atoms with van der Waals surface area (Å²) in [7, 11) is -2.59. The van der Waals surface area contributed by atoms with Crippen molar-refractivity contribution >= 4 is 21.9 Å². The highest BCUT2D eigenvalue weighted by molar-refractivity contribution is 7.89. The van der Waals surface area contributed by atoms with Gasteiger partial charge in [-0.25, -0.2) is 8.42 Å². The number of carbonyl (C=O) groups excluding carboxylic acids is 1. The number of amides is 1. The van der Waals surface area contributed by atoms with Crippen LogP contribution >= 0.6 is 0 Å². The van der Waals surface area contributed by atoms with Gasteiger partial charge < -0.3 is 19.5 Å². The molecule has 0 aromatic heterocycles. The monoisotopic (exact) mass is 412 g/mol. The third-order valence-electron chi connectivity index (χ3n) is 4.91. The Morgan fingerprint density at radius 2 is 1.93 bits per heavy atom. The Morgan fingerprint density at radius 1 is 1.21 bits per heavy atom. The van der Waals surface area contributed by atoms with Crippen molar-refractivity contribution in [2.75, 3.05) is 39.9 Å². The van der Waals surface area contributed by atoms with E-state index in [0.717, 1.165) is 4.31 Å². The topological polar surface area (TPSA) is 113 Å². The van der Waals surface area contributed by atoms with Gasteiger partial charge in [0.25, 0.3) is 0 Å². The van der Waals surface area contributed by atoms with E-state index < -0.39 is 27.8 Å². The lowest BCUT2D eigenvalue weighted by molar-refractivity contribution is -0.145. The molecule has 0 aliphatic carbocycles. The van der Waals surface area contributed by atoms with Crippen molar-refractivity contribution in [2.24, 2.45) is 5.92 Å². The minimum atomic E-state index is -3.91. The number of nitrogens with zero attached hydrogens (tertiary/aromatic N) is 2. The number of likely N-dealkylation sites (N-methyl/N-ethyl adjacent to an activating group) is 1. The average molecular weight is 412 g/mol. The van der Waals surface area contributed by atoms with E-state index in [0.29, 0.717) is 50.5 Å². The van der Waals surface area contributed by atoms with Gasteiger partial charge in [0.05, 0.1) is 30.6 Å². The number of likely N-dealkylation sites (tertiary alicyclic amines) is 1. The molecule has 1 atom stereocenters. The number of fused-ring (bicyclic) bond motifs is 1. The lowest BCUT2D eigenvalue weighted by Gasteiger charge is -2.31. The highest BCUT2D eigenvalue weighted by Crippen LogP contribution is 2.32. The fourth-order valence-electron chi connectivity index (χ4n) is 3.26. The second-order valence-corrected chi connectivity index (χ2v) is 8.98. The van der Waals surface area contributed by atoms with E-state index in [4.69, 9.17) is 14.6 Å². The molecule has 1 aromatic rings. The summed E-state index contributed by atoms with van der Waals surface area (Å²) in [6.07, 6.45) is 1.81. The van der Waals surface area contributed by atoms with Crippen LogP contribution in [0.3, 0.4) is 0 Å². The Morgan fingerprint density at radius 3 is 2.64 bits per heavy atom. The van der Waals surface area contributed by atoms with Crippen LogP contribution in [0.25, 0.3) is 0 Å². The van der Waals surface area contributed by atoms with Gasteiger partial charge in [-0.05, 0) is 25.0 Å². The van der Waals surface area contributed by atoms with Gasteiger partial charge in [-0.1, -0.05) is 0 Å². The Balaban J connectivity index is 1.71. The van der Waals surface area contributed by atoms with E-state index >= 15 is 0 Å². The third-order valence-corrected chi connectivity index (χ3v) is 6.71. The van der Waals surface area contributed by atoms with Gasteiger partial charge in [0.2, 0.25) is 15.9 Å². The van der Waals surface area contributed by atoms with Gasteiger partial charge in [-0.3, -0.25) is 9.59 Å². The van der Waals surface area contributed by atoms with Crippen molar-refractivity contribution in [1.82, 2.24) is 9.21 Å². The van der Waals surface area contributed by atoms with E-state index in [9.17, 15) is 18.0 Å². The molecule has 2 aliphatic heterocycles. The standard InChI is InChI=1S/C18H24N2O7S/c1-19(12-17(21)20-7-2-4-13(11-20)18(22)23)28(24,25)14-5-6-15-16(10-14)27-9-3-8-26-15/h5-6,10,13H,2-4,7-9,11-12H2,1H3,(H,22,23)/t13-/m1/s1. The molecule has 154 valence electrons. The number of rotatable bonds is 5. The van der Waals surface area contributed by atoms with Crippen LogP contribution in [0, 0.1) is 5.92 Å². The Bertz CT molecular complexity index is 855. The number of sulfonamides is 1. The molecular formula is C18H24N2O7S. The summed E-state index contributed by atoms with van der Waals surface area (Å²) in [5.41, 5.74) is 0. The number of ether oxygens (including phenoxy) is 2. The predicted molar refractivity (Wildman–Crippen MR) is 98.8 cm³/mol. The molecule has 0 radical (unpaired) electrons. The zero-order valence-electron chi connectivity index (χ0n) is 15.7. The molecule has 2 aliphatic rings. The summed E-state index contributed by atoms with van der Waals surface area (Å²) in [6.45, 7) is 1.11. The molecular weight excluding hydrogens is 388 g/mol. The normalized spacial score (nSPS) is 19.9. The predicted octanol–water partition coefficient (Wildman–Crippen LogP) is 0.792. The van der Waals surface area contributed by atoms with Crippen LogP contribution in [0.5, 0.6) is 11.5 Å². The quantitative estimate of drug-likeness (QED) is 0.761. The van der Waals surface area contributed by atoms with E-state index in [1.807, 2.05) is 0 Å². The molecule has 2 heterocycles. The van der Waals surface area contributed by atoms with Crippen molar-refractivity contribution in [3.05, 3.63) is 18.2 Å². The highest BCUT2D eigenvalue weighted by Gasteiger charge is 2.31. The summed E-state index contributed by atoms with van der Waals surface area (Å²) < 4.78 is 37.7. The van der Waals surface area contributed by atoms with Gasteiger partial charge in [0.1, 0.15) is 0 Å². The van der Waals surface area contributed by atoms with Crippen LogP contribution in [-0.2, 0) is 19.6 Å². The number of hydrogen-bond donors (Lipinski definition) is 1. The Hall–Kier alpha value is -2.33. The van der Waals surface area contributed by atoms with E-state index in [2.05, 4.69) is 0 Å². The summed E-state index contributed by atoms with van der Waals surface area (Å²) in [4.78, 5) is 25.1. The minimum absolute atomic E-state index is 0.00843. The average Bonchev–Trinajstić information content (AvgIpc) is 2.92. The second-order valence-electron chi connectivity index (χ2n) is 6.94. The maximum atomic E-state index is 12.9. The fourth-order valence-corrected chi connectivity index (χ4v) is 4.40. The first-order valence-corrected chi connectivity index (χ1v) is 10.6. The van der Waals surface area contributed by atoms with Crippen molar-refractivity contribution in [3.8, 4) is 11.5 Å². The number of carboxylic acid groups (broad SMARTS) is 1. The minimum Gasteiger partial charge on any atom is -0.490 e. The van der Waals surface area contributed by atoms with Crippen molar-refractivity contribution in [3.63, 3.8) is 0 Å². The highest BCUT2D eigenvalue weighted by atomic mass is 32.2. The molecule has 3 rings (SSSR count). The smallest absolute Gasteiger partial charge is 0.308 e. The second kappa shape index (κ2) is 8.36. The summed E-state index contributed by atoms with van der Waals surface area (Å²) in [5.74, 6) is -1.11. The van der Waals surface area contributed by atoms with Crippen LogP contribution < -0.4 is 9.47 Å². The lowest BCUT2D eigenvalue weighted by Crippen LogP contribution is -2.46. The molecule has 0 bridgehead atoms. The van der Waals surface area contributed by atoms with Crippen LogP contribution in [0.4, 0.5) is 0 Å². The van der Waals surface area contributed by atoms with E-state index in [1.165, 1.54) is 24.1 Å². The van der Waals surface area contributed by atoms with Crippen molar-refractivity contribution < 1.29 is 32.6 Å². The lowest BCUT2D eigenvalue weighted by atomic mass is 9.98. The first-order chi connectivity index (χ1) is 13.3. The van der Waals surface area contributed by atoms with Gasteiger partial charge >= 0.3 is 5.97 Å². The number of carbonyl (C=O) groups is 2. The van der Waals surface area contributed by atoms with Crippen molar-refractivity contribution in [2.45, 2.75) is 24.2 Å². The summed E-state index contributed by atoms with van der Waals surface area (Å²) in [6, 6.07) is 4.37. The maximum absolute atomic E-state index is 12.9. The number of hydrogen-bond acceptors (Lipinski definition) is 6. The van der Waals surface area contributed by atoms with E-state index in [-0.39, 0.29) is 18.0 Å². The van der Waals surface area contributed by atoms with Crippen LogP contribution in [0.1, 0.15) is 19.3 Å². The fraction of sp³-hybridized carbons (Fsp3) is 0.556. The van der Waals surface area contributed by atoms with Gasteiger partial charge in [-0.15, -0.1) is 0 Å². The number of benzene rings is 1. The molecule has 28 heavy (non-hydrogen) atoms. The summed E-state index contributed by atoms with van der Waals surface area (Å²) >= 11 is 0. The number of carboxylic acids is 1. The Kier molecular flexibility index (Phi) is 6.09. The van der Waals surface area contributed by atoms with Gasteiger partial charge in [-0.2, -0.15) is 4.31 Å². The molecule has 1 N–H and O–H groups in total. The molecule has 1 amide bonds. The molecule has 1 saturated heterocycles. The molecule has 1 fully saturated rings. The van der Waals surface area contributed by atoms with Crippen LogP contribution in [-0.4, -0.2) is 74.5 Å². The van der Waals surface area contributed by atoms with E-state index in [1.54, 1.807) is 6.07 Å². The third kappa shape index (κ3) is 4.39. The largest absolute Gasteiger partial charge is 0.490 e. The molecule has 1 aromatic carbocycles. The maximum Gasteiger partial charge on any atom is 0.308 e. The first kappa shape index (κ1) is 20.4. The molecule has 0 spiro atoms.